The van der Waals surface area contributed by atoms with Gasteiger partial charge in [0.1, 0.15) is 25.3 Å². The van der Waals surface area contributed by atoms with E-state index in [0.717, 1.165) is 27.8 Å². The van der Waals surface area contributed by atoms with Crippen molar-refractivity contribution in [2.24, 2.45) is 0 Å². The fourth-order valence-electron chi connectivity index (χ4n) is 5.60. The zero-order valence-corrected chi connectivity index (χ0v) is 22.5. The third-order valence-corrected chi connectivity index (χ3v) is 7.62. The minimum Gasteiger partial charge on any atom is -0.480 e. The predicted octanol–water partition coefficient (Wildman–Crippen LogP) is 4.49. The number of alkyl carbamates (subject to hydrolysis) is 1. The van der Waals surface area contributed by atoms with Gasteiger partial charge in [-0.1, -0.05) is 78.9 Å². The van der Waals surface area contributed by atoms with Gasteiger partial charge in [0.25, 0.3) is 0 Å². The van der Waals surface area contributed by atoms with Crippen LogP contribution in [0.5, 0.6) is 0 Å². The summed E-state index contributed by atoms with van der Waals surface area (Å²) in [5.41, 5.74) is 5.01. The van der Waals surface area contributed by atoms with Crippen molar-refractivity contribution in [3.63, 3.8) is 0 Å². The maximum absolute atomic E-state index is 13.5. The van der Waals surface area contributed by atoms with Crippen LogP contribution in [0.15, 0.2) is 78.9 Å². The van der Waals surface area contributed by atoms with Gasteiger partial charge in [0.2, 0.25) is 5.91 Å². The second-order valence-electron chi connectivity index (χ2n) is 10.3. The zero-order valence-electron chi connectivity index (χ0n) is 22.5. The van der Waals surface area contributed by atoms with Crippen molar-refractivity contribution in [1.29, 1.82) is 0 Å². The number of esters is 1. The summed E-state index contributed by atoms with van der Waals surface area (Å²) in [6.07, 6.45) is 0.274. The van der Waals surface area contributed by atoms with Gasteiger partial charge in [0.05, 0.1) is 6.42 Å². The molecule has 212 valence electrons. The largest absolute Gasteiger partial charge is 0.480 e. The Morgan fingerprint density at radius 2 is 1.49 bits per heavy atom. The normalized spacial score (nSPS) is 16.7. The van der Waals surface area contributed by atoms with Crippen LogP contribution >= 0.6 is 0 Å². The summed E-state index contributed by atoms with van der Waals surface area (Å²) in [7, 11) is 0. The van der Waals surface area contributed by atoms with Crippen molar-refractivity contribution in [2.75, 3.05) is 13.2 Å². The number of likely N-dealkylation sites (tertiary alicyclic amines) is 1. The molecule has 2 aliphatic rings. The minimum atomic E-state index is -1.34. The van der Waals surface area contributed by atoms with Gasteiger partial charge < -0.3 is 24.8 Å². The maximum Gasteiger partial charge on any atom is 0.407 e. The molecule has 1 fully saturated rings. The summed E-state index contributed by atoms with van der Waals surface area (Å²) >= 11 is 0. The lowest BCUT2D eigenvalue weighted by atomic mass is 9.98. The number of aliphatic carboxylic acids is 1. The Hall–Kier alpha value is -4.66. The highest BCUT2D eigenvalue weighted by Gasteiger charge is 2.38. The minimum absolute atomic E-state index is 0.00694. The van der Waals surface area contributed by atoms with E-state index in [1.165, 1.54) is 4.90 Å². The first-order valence-corrected chi connectivity index (χ1v) is 13.8. The van der Waals surface area contributed by atoms with E-state index in [1.807, 2.05) is 66.7 Å². The molecule has 3 aromatic rings. The summed E-state index contributed by atoms with van der Waals surface area (Å²) in [6, 6.07) is 22.6. The molecular formula is C32H32N2O7. The third kappa shape index (κ3) is 6.40. The number of hydrogen-bond donors (Lipinski definition) is 2. The molecule has 3 aromatic carbocycles. The first kappa shape index (κ1) is 27.9. The summed E-state index contributed by atoms with van der Waals surface area (Å²) < 4.78 is 11.0. The number of carboxylic acid groups (broad SMARTS) is 1. The molecule has 1 aliphatic carbocycles. The lowest BCUT2D eigenvalue weighted by molar-refractivity contribution is -0.154. The lowest BCUT2D eigenvalue weighted by Crippen LogP contribution is -2.56. The van der Waals surface area contributed by atoms with Gasteiger partial charge in [-0.3, -0.25) is 9.59 Å². The van der Waals surface area contributed by atoms with E-state index < -0.39 is 42.4 Å². The number of ether oxygens (including phenoxy) is 2. The number of carboxylic acids is 1. The van der Waals surface area contributed by atoms with Crippen LogP contribution in [0.1, 0.15) is 48.3 Å². The van der Waals surface area contributed by atoms with Gasteiger partial charge in [-0.2, -0.15) is 0 Å². The topological polar surface area (TPSA) is 122 Å². The molecule has 0 spiro atoms. The molecule has 5 rings (SSSR count). The van der Waals surface area contributed by atoms with E-state index >= 15 is 0 Å². The molecule has 1 aliphatic heterocycles. The summed E-state index contributed by atoms with van der Waals surface area (Å²) in [6.45, 7) is 0.255. The van der Waals surface area contributed by atoms with Gasteiger partial charge in [0.15, 0.2) is 0 Å². The van der Waals surface area contributed by atoms with Gasteiger partial charge in [0, 0.05) is 12.5 Å². The molecular weight excluding hydrogens is 524 g/mol. The Morgan fingerprint density at radius 1 is 0.854 bits per heavy atom. The van der Waals surface area contributed by atoms with Crippen LogP contribution in [-0.2, 0) is 30.5 Å². The predicted molar refractivity (Wildman–Crippen MR) is 150 cm³/mol. The Balaban J connectivity index is 1.28. The second kappa shape index (κ2) is 12.7. The number of nitrogens with zero attached hydrogens (tertiary/aromatic N) is 1. The van der Waals surface area contributed by atoms with Crippen LogP contribution in [0, 0.1) is 0 Å². The Labute approximate surface area is 238 Å². The number of nitrogens with one attached hydrogen (secondary N) is 1. The third-order valence-electron chi connectivity index (χ3n) is 7.62. The lowest BCUT2D eigenvalue weighted by Gasteiger charge is -2.35. The average Bonchev–Trinajstić information content (AvgIpc) is 3.32. The molecule has 41 heavy (non-hydrogen) atoms. The van der Waals surface area contributed by atoms with Crippen LogP contribution in [0.2, 0.25) is 0 Å². The van der Waals surface area contributed by atoms with Gasteiger partial charge in [-0.05, 0) is 47.1 Å². The average molecular weight is 557 g/mol. The van der Waals surface area contributed by atoms with E-state index in [2.05, 4.69) is 5.32 Å². The zero-order chi connectivity index (χ0) is 28.8. The first-order chi connectivity index (χ1) is 19.9. The number of hydrogen-bond acceptors (Lipinski definition) is 6. The van der Waals surface area contributed by atoms with Crippen molar-refractivity contribution >= 4 is 23.9 Å². The molecule has 0 aromatic heterocycles. The van der Waals surface area contributed by atoms with E-state index in [1.54, 1.807) is 12.1 Å². The van der Waals surface area contributed by atoms with Crippen molar-refractivity contribution in [1.82, 2.24) is 10.2 Å². The highest BCUT2D eigenvalue weighted by Crippen LogP contribution is 2.44. The van der Waals surface area contributed by atoms with Crippen molar-refractivity contribution < 1.29 is 33.8 Å². The fourth-order valence-corrected chi connectivity index (χ4v) is 5.60. The Kier molecular flexibility index (Phi) is 8.62. The number of rotatable bonds is 9. The molecule has 2 amide bonds. The Morgan fingerprint density at radius 3 is 2.15 bits per heavy atom. The molecule has 0 saturated carbocycles. The van der Waals surface area contributed by atoms with Crippen molar-refractivity contribution in [3.05, 3.63) is 95.6 Å². The number of piperidine rings is 1. The van der Waals surface area contributed by atoms with Crippen LogP contribution in [0.4, 0.5) is 4.79 Å². The summed E-state index contributed by atoms with van der Waals surface area (Å²) in [4.78, 5) is 52.4. The second-order valence-corrected chi connectivity index (χ2v) is 10.3. The van der Waals surface area contributed by atoms with E-state index in [4.69, 9.17) is 9.47 Å². The molecule has 9 nitrogen and oxygen atoms in total. The number of benzene rings is 3. The molecule has 0 unspecified atom stereocenters. The maximum atomic E-state index is 13.5. The molecule has 1 heterocycles. The number of carbonyl (C=O) groups excluding carboxylic acids is 3. The van der Waals surface area contributed by atoms with Crippen molar-refractivity contribution in [2.45, 2.75) is 50.3 Å². The summed E-state index contributed by atoms with van der Waals surface area (Å²) in [5.74, 6) is -2.65. The summed E-state index contributed by atoms with van der Waals surface area (Å²) in [5, 5.41) is 12.2. The molecule has 1 saturated heterocycles. The highest BCUT2D eigenvalue weighted by molar-refractivity contribution is 5.92. The quantitative estimate of drug-likeness (QED) is 0.372. The smallest absolute Gasteiger partial charge is 0.407 e. The highest BCUT2D eigenvalue weighted by atomic mass is 16.5. The van der Waals surface area contributed by atoms with Gasteiger partial charge in [-0.25, -0.2) is 9.59 Å². The van der Waals surface area contributed by atoms with Crippen LogP contribution in [0.3, 0.4) is 0 Å². The van der Waals surface area contributed by atoms with E-state index in [0.29, 0.717) is 19.3 Å². The van der Waals surface area contributed by atoms with Crippen LogP contribution in [0.25, 0.3) is 11.1 Å². The molecule has 9 heteroatoms. The monoisotopic (exact) mass is 556 g/mol. The molecule has 2 N–H and O–H groups in total. The van der Waals surface area contributed by atoms with E-state index in [-0.39, 0.29) is 25.7 Å². The SMILES string of the molecule is O=C(C[C@H](NC(=O)OCC1c2ccccc2-c2ccccc21)C(=O)N1CCCC[C@@H]1C(=O)O)OCc1ccccc1. The van der Waals surface area contributed by atoms with Crippen LogP contribution < -0.4 is 5.32 Å². The number of carbonyl (C=O) groups is 4. The fraction of sp³-hybridized carbons (Fsp3) is 0.312. The number of fused-ring (bicyclic) bond motifs is 3. The molecule has 0 bridgehead atoms. The number of amides is 2. The van der Waals surface area contributed by atoms with E-state index in [9.17, 15) is 24.3 Å². The standard InChI is InChI=1S/C32H32N2O7/c35-29(40-19-21-10-2-1-3-11-21)18-27(30(36)34-17-9-8-16-28(34)31(37)38)33-32(39)41-20-26-24-14-6-4-12-22(24)23-13-5-7-15-25(23)26/h1-7,10-15,26-28H,8-9,16-20H2,(H,33,39)(H,37,38)/t27-,28+/m0/s1. The molecule has 0 radical (unpaired) electrons. The van der Waals surface area contributed by atoms with Crippen molar-refractivity contribution in [3.8, 4) is 11.1 Å². The first-order valence-electron chi connectivity index (χ1n) is 13.8. The molecule has 2 atom stereocenters. The van der Waals surface area contributed by atoms with Crippen LogP contribution in [-0.4, -0.2) is 59.2 Å². The van der Waals surface area contributed by atoms with Gasteiger partial charge >= 0.3 is 18.0 Å². The Bertz CT molecular complexity index is 1380. The van der Waals surface area contributed by atoms with Gasteiger partial charge in [-0.15, -0.1) is 0 Å².